The summed E-state index contributed by atoms with van der Waals surface area (Å²) in [4.78, 5) is 12.3. The van der Waals surface area contributed by atoms with E-state index in [0.717, 1.165) is 44.3 Å². The van der Waals surface area contributed by atoms with Crippen molar-refractivity contribution in [3.05, 3.63) is 88.0 Å². The quantitative estimate of drug-likeness (QED) is 0.483. The van der Waals surface area contributed by atoms with E-state index in [1.54, 1.807) is 24.3 Å². The van der Waals surface area contributed by atoms with Gasteiger partial charge in [0.15, 0.2) is 0 Å². The summed E-state index contributed by atoms with van der Waals surface area (Å²) in [5, 5.41) is 2.63. The summed E-state index contributed by atoms with van der Waals surface area (Å²) in [6.45, 7) is -0.544. The lowest BCUT2D eigenvalue weighted by Crippen LogP contribution is -2.38. The van der Waals surface area contributed by atoms with Crippen LogP contribution in [0.3, 0.4) is 0 Å². The molecule has 0 aliphatic carbocycles. The molecule has 0 saturated carbocycles. The van der Waals surface area contributed by atoms with Crippen LogP contribution < -0.4 is 9.62 Å². The Balaban J connectivity index is 1.92. The van der Waals surface area contributed by atoms with Gasteiger partial charge in [-0.15, -0.1) is 0 Å². The van der Waals surface area contributed by atoms with Crippen LogP contribution >= 0.6 is 22.6 Å². The lowest BCUT2D eigenvalue weighted by atomic mass is 10.3. The van der Waals surface area contributed by atoms with Crippen LogP contribution in [0.4, 0.5) is 20.2 Å². The van der Waals surface area contributed by atoms with E-state index < -0.39 is 34.1 Å². The lowest BCUT2D eigenvalue weighted by molar-refractivity contribution is -0.114. The smallest absolute Gasteiger partial charge is 0.264 e. The van der Waals surface area contributed by atoms with Gasteiger partial charge in [0.2, 0.25) is 5.91 Å². The topological polar surface area (TPSA) is 66.5 Å². The van der Waals surface area contributed by atoms with Crippen LogP contribution in [-0.4, -0.2) is 20.9 Å². The number of carbonyl (C=O) groups excluding carboxylic acids is 1. The van der Waals surface area contributed by atoms with Crippen molar-refractivity contribution in [3.63, 3.8) is 0 Å². The number of benzene rings is 3. The highest BCUT2D eigenvalue weighted by atomic mass is 127. The molecule has 29 heavy (non-hydrogen) atoms. The molecule has 0 saturated heterocycles. The van der Waals surface area contributed by atoms with E-state index in [2.05, 4.69) is 27.9 Å². The van der Waals surface area contributed by atoms with E-state index in [1.165, 1.54) is 12.1 Å². The van der Waals surface area contributed by atoms with E-state index in [4.69, 9.17) is 0 Å². The molecule has 150 valence electrons. The number of nitrogens with one attached hydrogen (secondary N) is 1. The average molecular weight is 528 g/mol. The van der Waals surface area contributed by atoms with Crippen LogP contribution in [0.2, 0.25) is 0 Å². The number of carbonyl (C=O) groups is 1. The van der Waals surface area contributed by atoms with Gasteiger partial charge in [-0.25, -0.2) is 17.2 Å². The van der Waals surface area contributed by atoms with E-state index >= 15 is 0 Å². The first-order valence-electron chi connectivity index (χ1n) is 8.35. The Bertz CT molecular complexity index is 1100. The summed E-state index contributed by atoms with van der Waals surface area (Å²) in [7, 11) is -4.20. The summed E-state index contributed by atoms with van der Waals surface area (Å²) >= 11 is 2.12. The number of amides is 1. The van der Waals surface area contributed by atoms with Crippen molar-refractivity contribution in [1.29, 1.82) is 0 Å². The monoisotopic (exact) mass is 528 g/mol. The van der Waals surface area contributed by atoms with E-state index in [-0.39, 0.29) is 10.6 Å². The maximum atomic E-state index is 13.3. The summed E-state index contributed by atoms with van der Waals surface area (Å²) in [5.74, 6) is -1.72. The first-order chi connectivity index (χ1) is 13.8. The highest BCUT2D eigenvalue weighted by Gasteiger charge is 2.27. The van der Waals surface area contributed by atoms with Crippen molar-refractivity contribution >= 4 is 49.9 Å². The van der Waals surface area contributed by atoms with Crippen LogP contribution in [0.15, 0.2) is 77.7 Å². The zero-order chi connectivity index (χ0) is 21.0. The molecular formula is C20H15F2IN2O3S. The number of nitrogens with zero attached hydrogens (tertiary/aromatic N) is 1. The van der Waals surface area contributed by atoms with Crippen molar-refractivity contribution < 1.29 is 22.0 Å². The molecule has 0 fully saturated rings. The zero-order valence-electron chi connectivity index (χ0n) is 14.8. The molecule has 0 aromatic heterocycles. The molecule has 0 atom stereocenters. The van der Waals surface area contributed by atoms with Gasteiger partial charge in [-0.2, -0.15) is 0 Å². The minimum Gasteiger partial charge on any atom is -0.325 e. The Labute approximate surface area is 180 Å². The van der Waals surface area contributed by atoms with Crippen molar-refractivity contribution in [2.45, 2.75) is 4.90 Å². The fourth-order valence-electron chi connectivity index (χ4n) is 2.52. The fourth-order valence-corrected chi connectivity index (χ4v) is 4.30. The summed E-state index contributed by atoms with van der Waals surface area (Å²) < 4.78 is 54.5. The van der Waals surface area contributed by atoms with Crippen molar-refractivity contribution in [2.24, 2.45) is 0 Å². The molecule has 0 aliphatic heterocycles. The Morgan fingerprint density at radius 1 is 0.862 bits per heavy atom. The minimum absolute atomic E-state index is 0.105. The van der Waals surface area contributed by atoms with Crippen LogP contribution in [-0.2, 0) is 14.8 Å². The Hall–Kier alpha value is -2.53. The van der Waals surface area contributed by atoms with Crippen LogP contribution in [0.25, 0.3) is 0 Å². The zero-order valence-corrected chi connectivity index (χ0v) is 17.8. The second-order valence-electron chi connectivity index (χ2n) is 6.00. The molecule has 3 rings (SSSR count). The van der Waals surface area contributed by atoms with Gasteiger partial charge in [-0.3, -0.25) is 9.10 Å². The minimum atomic E-state index is -4.20. The maximum absolute atomic E-state index is 13.3. The van der Waals surface area contributed by atoms with Gasteiger partial charge in [0.1, 0.15) is 18.2 Å². The van der Waals surface area contributed by atoms with Gasteiger partial charge in [-0.05, 0) is 95.4 Å². The molecular weight excluding hydrogens is 513 g/mol. The third-order valence-electron chi connectivity index (χ3n) is 3.93. The number of rotatable bonds is 6. The lowest BCUT2D eigenvalue weighted by Gasteiger charge is -2.24. The number of anilines is 2. The first kappa shape index (κ1) is 21.2. The molecule has 1 amide bonds. The maximum Gasteiger partial charge on any atom is 0.264 e. The molecule has 0 radical (unpaired) electrons. The molecule has 0 bridgehead atoms. The first-order valence-corrected chi connectivity index (χ1v) is 10.9. The average Bonchev–Trinajstić information content (AvgIpc) is 2.69. The Morgan fingerprint density at radius 3 is 1.93 bits per heavy atom. The largest absolute Gasteiger partial charge is 0.325 e. The predicted molar refractivity (Wildman–Crippen MR) is 115 cm³/mol. The third-order valence-corrected chi connectivity index (χ3v) is 6.44. The molecule has 0 spiro atoms. The molecule has 3 aromatic rings. The molecule has 0 unspecified atom stereocenters. The van der Waals surface area contributed by atoms with Gasteiger partial charge in [0.05, 0.1) is 10.6 Å². The summed E-state index contributed by atoms with van der Waals surface area (Å²) in [6.07, 6.45) is 0. The predicted octanol–water partition coefficient (Wildman–Crippen LogP) is 4.40. The van der Waals surface area contributed by atoms with E-state index in [9.17, 15) is 22.0 Å². The van der Waals surface area contributed by atoms with Gasteiger partial charge in [0.25, 0.3) is 10.0 Å². The second-order valence-corrected chi connectivity index (χ2v) is 9.11. The molecule has 1 N–H and O–H groups in total. The summed E-state index contributed by atoms with van der Waals surface area (Å²) in [5.41, 5.74) is 0.613. The van der Waals surface area contributed by atoms with Gasteiger partial charge < -0.3 is 5.32 Å². The second kappa shape index (κ2) is 8.87. The Morgan fingerprint density at radius 2 is 1.38 bits per heavy atom. The van der Waals surface area contributed by atoms with Gasteiger partial charge >= 0.3 is 0 Å². The summed E-state index contributed by atoms with van der Waals surface area (Å²) in [6, 6.07) is 15.9. The van der Waals surface area contributed by atoms with Crippen molar-refractivity contribution in [2.75, 3.05) is 16.2 Å². The van der Waals surface area contributed by atoms with E-state index in [1.807, 2.05) is 0 Å². The number of hydrogen-bond acceptors (Lipinski definition) is 3. The fraction of sp³-hybridized carbons (Fsp3) is 0.0500. The van der Waals surface area contributed by atoms with Gasteiger partial charge in [0, 0.05) is 9.26 Å². The number of sulfonamides is 1. The molecule has 5 nitrogen and oxygen atoms in total. The van der Waals surface area contributed by atoms with Crippen LogP contribution in [0, 0.1) is 15.2 Å². The molecule has 0 heterocycles. The van der Waals surface area contributed by atoms with Crippen molar-refractivity contribution in [3.8, 4) is 0 Å². The van der Waals surface area contributed by atoms with E-state index in [0.29, 0.717) is 5.69 Å². The normalized spacial score (nSPS) is 11.1. The Kier molecular flexibility index (Phi) is 6.48. The van der Waals surface area contributed by atoms with Gasteiger partial charge in [-0.1, -0.05) is 0 Å². The highest BCUT2D eigenvalue weighted by Crippen LogP contribution is 2.24. The van der Waals surface area contributed by atoms with Crippen LogP contribution in [0.1, 0.15) is 0 Å². The third kappa shape index (κ3) is 5.30. The van der Waals surface area contributed by atoms with Crippen LogP contribution in [0.5, 0.6) is 0 Å². The highest BCUT2D eigenvalue weighted by molar-refractivity contribution is 14.1. The standard InChI is InChI=1S/C20H15F2IN2O3S/c21-14-1-9-18(10-2-14)25(29(27,28)19-11-3-15(22)4-12-19)13-20(26)24-17-7-5-16(23)6-8-17/h1-12H,13H2,(H,24,26). The molecule has 0 aliphatic rings. The molecule has 3 aromatic carbocycles. The number of hydrogen-bond donors (Lipinski definition) is 1. The van der Waals surface area contributed by atoms with Crippen molar-refractivity contribution in [1.82, 2.24) is 0 Å². The molecule has 9 heteroatoms. The SMILES string of the molecule is O=C(CN(c1ccc(F)cc1)S(=O)(=O)c1ccc(F)cc1)Nc1ccc(I)cc1. The number of halogens is 3.